The highest BCUT2D eigenvalue weighted by molar-refractivity contribution is 7.85. The monoisotopic (exact) mass is 410 g/mol. The summed E-state index contributed by atoms with van der Waals surface area (Å²) in [5.74, 6) is -0.0779. The fraction of sp³-hybridized carbons (Fsp3) is 1.00. The zero-order chi connectivity index (χ0) is 20.1. The van der Waals surface area contributed by atoms with Crippen molar-refractivity contribution in [1.82, 2.24) is 11.1 Å². The SMILES string of the molecule is CCCCCCCCCCCCCCCCCCS(=O)(=O)O.CN(C)C.N. The van der Waals surface area contributed by atoms with Gasteiger partial charge in [0, 0.05) is 0 Å². The molecule has 0 aromatic heterocycles. The summed E-state index contributed by atoms with van der Waals surface area (Å²) in [6.45, 7) is 2.26. The van der Waals surface area contributed by atoms with E-state index in [1.807, 2.05) is 26.0 Å². The maximum Gasteiger partial charge on any atom is 0.264 e. The first-order chi connectivity index (χ1) is 12.3. The van der Waals surface area contributed by atoms with E-state index in [-0.39, 0.29) is 11.9 Å². The summed E-state index contributed by atoms with van der Waals surface area (Å²) in [4.78, 5) is 2.00. The van der Waals surface area contributed by atoms with Crippen LogP contribution in [0.15, 0.2) is 0 Å². The zero-order valence-corrected chi connectivity index (χ0v) is 19.7. The molecule has 0 atom stereocenters. The largest absolute Gasteiger partial charge is 0.344 e. The third-order valence-corrected chi connectivity index (χ3v) is 5.06. The minimum absolute atomic E-state index is 0. The van der Waals surface area contributed by atoms with Gasteiger partial charge in [-0.1, -0.05) is 103 Å². The first-order valence-corrected chi connectivity index (χ1v) is 12.5. The van der Waals surface area contributed by atoms with Crippen molar-refractivity contribution >= 4 is 10.1 Å². The van der Waals surface area contributed by atoms with Crippen LogP contribution in [0.1, 0.15) is 110 Å². The summed E-state index contributed by atoms with van der Waals surface area (Å²) in [6, 6.07) is 0. The Morgan fingerprint density at radius 1 is 0.593 bits per heavy atom. The van der Waals surface area contributed by atoms with Crippen LogP contribution in [-0.4, -0.2) is 44.8 Å². The number of hydrogen-bond donors (Lipinski definition) is 2. The van der Waals surface area contributed by atoms with E-state index in [9.17, 15) is 8.42 Å². The van der Waals surface area contributed by atoms with Crippen molar-refractivity contribution in [3.63, 3.8) is 0 Å². The number of hydrogen-bond acceptors (Lipinski definition) is 4. The van der Waals surface area contributed by atoms with Crippen molar-refractivity contribution in [1.29, 1.82) is 0 Å². The predicted octanol–water partition coefficient (Wildman–Crippen LogP) is 6.48. The van der Waals surface area contributed by atoms with E-state index in [0.29, 0.717) is 6.42 Å². The highest BCUT2D eigenvalue weighted by Crippen LogP contribution is 2.13. The second-order valence-electron chi connectivity index (χ2n) is 7.93. The minimum Gasteiger partial charge on any atom is -0.344 e. The van der Waals surface area contributed by atoms with E-state index in [2.05, 4.69) is 6.92 Å². The van der Waals surface area contributed by atoms with Crippen LogP contribution in [0.5, 0.6) is 0 Å². The van der Waals surface area contributed by atoms with Gasteiger partial charge in [-0.25, -0.2) is 0 Å². The van der Waals surface area contributed by atoms with Crippen LogP contribution in [0.25, 0.3) is 0 Å². The van der Waals surface area contributed by atoms with E-state index in [1.54, 1.807) is 0 Å². The summed E-state index contributed by atoms with van der Waals surface area (Å²) in [5, 5.41) is 0. The van der Waals surface area contributed by atoms with Gasteiger partial charge in [-0.3, -0.25) is 4.55 Å². The molecular formula is C21H50N2O3S. The normalized spacial score (nSPS) is 11.0. The van der Waals surface area contributed by atoms with Gasteiger partial charge >= 0.3 is 0 Å². The Kier molecular flexibility index (Phi) is 27.9. The van der Waals surface area contributed by atoms with Gasteiger partial charge in [-0.2, -0.15) is 8.42 Å². The topological polar surface area (TPSA) is 92.6 Å². The first kappa shape index (κ1) is 31.5. The van der Waals surface area contributed by atoms with Gasteiger partial charge in [0.1, 0.15) is 0 Å². The van der Waals surface area contributed by atoms with Crippen molar-refractivity contribution in [3.8, 4) is 0 Å². The molecule has 5 nitrogen and oxygen atoms in total. The molecule has 6 heteroatoms. The Labute approximate surface area is 171 Å². The lowest BCUT2D eigenvalue weighted by Gasteiger charge is -2.03. The average molecular weight is 411 g/mol. The predicted molar refractivity (Wildman–Crippen MR) is 121 cm³/mol. The molecule has 0 radical (unpaired) electrons. The molecule has 0 aliphatic heterocycles. The highest BCUT2D eigenvalue weighted by atomic mass is 32.2. The molecule has 0 unspecified atom stereocenters. The Bertz CT molecular complexity index is 358. The lowest BCUT2D eigenvalue weighted by atomic mass is 10.0. The van der Waals surface area contributed by atoms with Crippen molar-refractivity contribution < 1.29 is 13.0 Å². The van der Waals surface area contributed by atoms with Crippen LogP contribution in [0.4, 0.5) is 0 Å². The molecule has 0 aliphatic carbocycles. The second-order valence-corrected chi connectivity index (χ2v) is 9.50. The summed E-state index contributed by atoms with van der Waals surface area (Å²) in [6.07, 6.45) is 20.3. The molecule has 0 fully saturated rings. The van der Waals surface area contributed by atoms with Gasteiger partial charge < -0.3 is 11.1 Å². The van der Waals surface area contributed by atoms with Crippen molar-refractivity contribution in [2.45, 2.75) is 110 Å². The quantitative estimate of drug-likeness (QED) is 0.211. The van der Waals surface area contributed by atoms with E-state index in [0.717, 1.165) is 12.8 Å². The molecule has 0 saturated carbocycles. The van der Waals surface area contributed by atoms with Crippen molar-refractivity contribution in [3.05, 3.63) is 0 Å². The summed E-state index contributed by atoms with van der Waals surface area (Å²) in [7, 11) is 2.26. The lowest BCUT2D eigenvalue weighted by Crippen LogP contribution is -2.03. The maximum atomic E-state index is 10.5. The third-order valence-electron chi connectivity index (χ3n) is 4.26. The lowest BCUT2D eigenvalue weighted by molar-refractivity contribution is 0.478. The molecule has 0 amide bonds. The molecule has 0 saturated heterocycles. The molecule has 0 rings (SSSR count). The Morgan fingerprint density at radius 2 is 0.815 bits per heavy atom. The number of rotatable bonds is 17. The molecule has 0 bridgehead atoms. The number of nitrogens with zero attached hydrogens (tertiary/aromatic N) is 1. The van der Waals surface area contributed by atoms with Gasteiger partial charge in [0.15, 0.2) is 0 Å². The summed E-state index contributed by atoms with van der Waals surface area (Å²) in [5.41, 5.74) is 0. The molecule has 0 aromatic rings. The first-order valence-electron chi connectivity index (χ1n) is 10.9. The van der Waals surface area contributed by atoms with Crippen molar-refractivity contribution in [2.75, 3.05) is 26.9 Å². The molecule has 0 heterocycles. The van der Waals surface area contributed by atoms with Gasteiger partial charge in [0.05, 0.1) is 5.75 Å². The summed E-state index contributed by atoms with van der Waals surface area (Å²) < 4.78 is 29.7. The Hall–Kier alpha value is -0.170. The van der Waals surface area contributed by atoms with Crippen LogP contribution in [0.3, 0.4) is 0 Å². The highest BCUT2D eigenvalue weighted by Gasteiger charge is 2.02. The van der Waals surface area contributed by atoms with E-state index in [4.69, 9.17) is 4.55 Å². The van der Waals surface area contributed by atoms with Crippen LogP contribution in [0, 0.1) is 0 Å². The minimum atomic E-state index is -3.74. The average Bonchev–Trinajstić information content (AvgIpc) is 2.53. The molecule has 168 valence electrons. The standard InChI is InChI=1S/C18H38O3S.C3H9N.H3N/c1-2-3-4-5-6-7-8-9-10-11-12-13-14-15-16-17-18-22(19,20)21;1-4(2)3;/h2-18H2,1H3,(H,19,20,21);1-3H3;1H3. The van der Waals surface area contributed by atoms with Crippen LogP contribution in [0.2, 0.25) is 0 Å². The fourth-order valence-electron chi connectivity index (χ4n) is 2.83. The fourth-order valence-corrected chi connectivity index (χ4v) is 3.40. The molecule has 27 heavy (non-hydrogen) atoms. The smallest absolute Gasteiger partial charge is 0.264 e. The van der Waals surface area contributed by atoms with Gasteiger partial charge in [0.2, 0.25) is 0 Å². The van der Waals surface area contributed by atoms with Crippen LogP contribution in [-0.2, 0) is 10.1 Å². The van der Waals surface area contributed by atoms with E-state index >= 15 is 0 Å². The Morgan fingerprint density at radius 3 is 1.04 bits per heavy atom. The molecule has 4 N–H and O–H groups in total. The van der Waals surface area contributed by atoms with Crippen molar-refractivity contribution in [2.24, 2.45) is 0 Å². The van der Waals surface area contributed by atoms with Gasteiger partial charge in [0.25, 0.3) is 10.1 Å². The van der Waals surface area contributed by atoms with Crippen LogP contribution >= 0.6 is 0 Å². The molecule has 0 spiro atoms. The molecule has 0 aliphatic rings. The zero-order valence-electron chi connectivity index (χ0n) is 18.8. The van der Waals surface area contributed by atoms with Crippen LogP contribution < -0.4 is 6.15 Å². The van der Waals surface area contributed by atoms with E-state index < -0.39 is 10.1 Å². The van der Waals surface area contributed by atoms with E-state index in [1.165, 1.54) is 83.5 Å². The number of unbranched alkanes of at least 4 members (excludes halogenated alkanes) is 15. The van der Waals surface area contributed by atoms with Gasteiger partial charge in [-0.15, -0.1) is 0 Å². The third kappa shape index (κ3) is 41.4. The molecule has 0 aromatic carbocycles. The molecular weight excluding hydrogens is 360 g/mol. The maximum absolute atomic E-state index is 10.5. The van der Waals surface area contributed by atoms with Gasteiger partial charge in [-0.05, 0) is 27.6 Å². The summed E-state index contributed by atoms with van der Waals surface area (Å²) >= 11 is 0. The second kappa shape index (κ2) is 23.9. The Balaban J connectivity index is -0.00000104.